The Balaban J connectivity index is 2.67. The fourth-order valence-corrected chi connectivity index (χ4v) is 2.17. The molecule has 0 atom stereocenters. The summed E-state index contributed by atoms with van der Waals surface area (Å²) >= 11 is 0. The van der Waals surface area contributed by atoms with Crippen molar-refractivity contribution in [2.45, 2.75) is 6.42 Å². The van der Waals surface area contributed by atoms with E-state index in [0.29, 0.717) is 36.9 Å². The van der Waals surface area contributed by atoms with Crippen molar-refractivity contribution < 1.29 is 18.9 Å². The monoisotopic (exact) mass is 325 g/mol. The van der Waals surface area contributed by atoms with E-state index in [-0.39, 0.29) is 0 Å². The van der Waals surface area contributed by atoms with E-state index in [2.05, 4.69) is 15.6 Å². The molecule has 1 aromatic carbocycles. The molecule has 0 unspecified atom stereocenters. The average molecular weight is 325 g/mol. The molecule has 0 aliphatic heterocycles. The fourth-order valence-electron chi connectivity index (χ4n) is 2.17. The highest BCUT2D eigenvalue weighted by Crippen LogP contribution is 2.39. The second-order valence-electron chi connectivity index (χ2n) is 4.66. The average Bonchev–Trinajstić information content (AvgIpc) is 2.59. The molecule has 0 aromatic heterocycles. The number of hydrogen-bond donors (Lipinski definition) is 2. The van der Waals surface area contributed by atoms with Crippen molar-refractivity contribution in [1.82, 2.24) is 10.6 Å². The standard InChI is InChI=1S/C16H27N3O4/c1-17-16(19-10-11-20-2)18-9-8-12-6-7-13(21-3)15(23-5)14(12)22-4/h6-7H,8-11H2,1-5H3,(H2,17,18,19). The molecule has 0 bridgehead atoms. The molecular weight excluding hydrogens is 298 g/mol. The van der Waals surface area contributed by atoms with Gasteiger partial charge in [0.05, 0.1) is 27.9 Å². The number of benzene rings is 1. The number of rotatable bonds is 9. The topological polar surface area (TPSA) is 73.3 Å². The lowest BCUT2D eigenvalue weighted by molar-refractivity contribution is 0.203. The molecule has 23 heavy (non-hydrogen) atoms. The van der Waals surface area contributed by atoms with Crippen LogP contribution in [-0.2, 0) is 11.2 Å². The summed E-state index contributed by atoms with van der Waals surface area (Å²) in [7, 11) is 8.23. The molecule has 7 nitrogen and oxygen atoms in total. The van der Waals surface area contributed by atoms with Gasteiger partial charge in [-0.2, -0.15) is 0 Å². The Morgan fingerprint density at radius 3 is 2.22 bits per heavy atom. The quantitative estimate of drug-likeness (QED) is 0.402. The van der Waals surface area contributed by atoms with Crippen LogP contribution < -0.4 is 24.8 Å². The zero-order valence-corrected chi connectivity index (χ0v) is 14.6. The largest absolute Gasteiger partial charge is 0.493 e. The zero-order valence-electron chi connectivity index (χ0n) is 14.6. The van der Waals surface area contributed by atoms with Crippen LogP contribution in [0.1, 0.15) is 5.56 Å². The minimum Gasteiger partial charge on any atom is -0.493 e. The molecule has 2 N–H and O–H groups in total. The predicted octanol–water partition coefficient (Wildman–Crippen LogP) is 1.07. The van der Waals surface area contributed by atoms with Crippen molar-refractivity contribution in [2.75, 3.05) is 55.2 Å². The maximum absolute atomic E-state index is 5.48. The fraction of sp³-hybridized carbons (Fsp3) is 0.562. The molecule has 7 heteroatoms. The molecule has 0 saturated heterocycles. The van der Waals surface area contributed by atoms with E-state index in [1.165, 1.54) is 0 Å². The molecule has 0 aliphatic carbocycles. The van der Waals surface area contributed by atoms with Gasteiger partial charge in [0.25, 0.3) is 0 Å². The van der Waals surface area contributed by atoms with Gasteiger partial charge in [-0.25, -0.2) is 0 Å². The van der Waals surface area contributed by atoms with Gasteiger partial charge in [-0.3, -0.25) is 4.99 Å². The van der Waals surface area contributed by atoms with Crippen LogP contribution in [0.3, 0.4) is 0 Å². The predicted molar refractivity (Wildman–Crippen MR) is 91.0 cm³/mol. The van der Waals surface area contributed by atoms with E-state index in [1.807, 2.05) is 12.1 Å². The van der Waals surface area contributed by atoms with Gasteiger partial charge in [0, 0.05) is 32.8 Å². The third kappa shape index (κ3) is 5.52. The zero-order chi connectivity index (χ0) is 17.1. The molecule has 1 aromatic rings. The summed E-state index contributed by atoms with van der Waals surface area (Å²) in [6.07, 6.45) is 0.758. The van der Waals surface area contributed by atoms with E-state index >= 15 is 0 Å². The van der Waals surface area contributed by atoms with Crippen molar-refractivity contribution in [3.05, 3.63) is 17.7 Å². The van der Waals surface area contributed by atoms with Gasteiger partial charge in [0.2, 0.25) is 5.75 Å². The molecule has 0 spiro atoms. The van der Waals surface area contributed by atoms with Crippen LogP contribution in [0.5, 0.6) is 17.2 Å². The van der Waals surface area contributed by atoms with Crippen LogP contribution in [0.15, 0.2) is 17.1 Å². The first-order valence-electron chi connectivity index (χ1n) is 7.43. The smallest absolute Gasteiger partial charge is 0.203 e. The molecule has 0 saturated carbocycles. The van der Waals surface area contributed by atoms with Crippen molar-refractivity contribution >= 4 is 5.96 Å². The molecule has 0 amide bonds. The highest BCUT2D eigenvalue weighted by Gasteiger charge is 2.15. The lowest BCUT2D eigenvalue weighted by Crippen LogP contribution is -2.39. The van der Waals surface area contributed by atoms with Crippen LogP contribution in [0.2, 0.25) is 0 Å². The first-order chi connectivity index (χ1) is 11.2. The highest BCUT2D eigenvalue weighted by atomic mass is 16.5. The van der Waals surface area contributed by atoms with Gasteiger partial charge in [-0.15, -0.1) is 0 Å². The Hall–Kier alpha value is -2.15. The highest BCUT2D eigenvalue weighted by molar-refractivity contribution is 5.79. The van der Waals surface area contributed by atoms with Crippen LogP contribution in [0, 0.1) is 0 Å². The van der Waals surface area contributed by atoms with Crippen LogP contribution in [0.25, 0.3) is 0 Å². The summed E-state index contributed by atoms with van der Waals surface area (Å²) in [5, 5.41) is 6.41. The number of ether oxygens (including phenoxy) is 4. The lowest BCUT2D eigenvalue weighted by Gasteiger charge is -2.16. The lowest BCUT2D eigenvalue weighted by atomic mass is 10.1. The van der Waals surface area contributed by atoms with Crippen molar-refractivity contribution in [3.8, 4) is 17.2 Å². The van der Waals surface area contributed by atoms with E-state index in [4.69, 9.17) is 18.9 Å². The van der Waals surface area contributed by atoms with Crippen molar-refractivity contribution in [3.63, 3.8) is 0 Å². The first kappa shape index (κ1) is 18.9. The number of aliphatic imine (C=N–C) groups is 1. The summed E-state index contributed by atoms with van der Waals surface area (Å²) in [6.45, 7) is 2.04. The van der Waals surface area contributed by atoms with E-state index in [9.17, 15) is 0 Å². The number of nitrogens with one attached hydrogen (secondary N) is 2. The van der Waals surface area contributed by atoms with Crippen LogP contribution >= 0.6 is 0 Å². The molecular formula is C16H27N3O4. The Kier molecular flexibility index (Phi) is 8.67. The van der Waals surface area contributed by atoms with Crippen molar-refractivity contribution in [1.29, 1.82) is 0 Å². The van der Waals surface area contributed by atoms with Gasteiger partial charge in [-0.1, -0.05) is 6.07 Å². The molecule has 0 heterocycles. The van der Waals surface area contributed by atoms with E-state index in [0.717, 1.165) is 17.9 Å². The molecule has 130 valence electrons. The summed E-state index contributed by atoms with van der Waals surface area (Å²) < 4.78 is 21.2. The summed E-state index contributed by atoms with van der Waals surface area (Å²) in [5.41, 5.74) is 1.03. The summed E-state index contributed by atoms with van der Waals surface area (Å²) in [4.78, 5) is 4.16. The SMILES string of the molecule is CN=C(NCCOC)NCCc1ccc(OC)c(OC)c1OC. The van der Waals surface area contributed by atoms with Gasteiger partial charge in [0.1, 0.15) is 0 Å². The summed E-state index contributed by atoms with van der Waals surface area (Å²) in [5.74, 6) is 2.69. The maximum Gasteiger partial charge on any atom is 0.203 e. The molecule has 1 rings (SSSR count). The minimum atomic E-state index is 0.607. The number of nitrogens with zero attached hydrogens (tertiary/aromatic N) is 1. The Morgan fingerprint density at radius 1 is 0.957 bits per heavy atom. The minimum absolute atomic E-state index is 0.607. The van der Waals surface area contributed by atoms with E-state index in [1.54, 1.807) is 35.5 Å². The molecule has 0 aliphatic rings. The third-order valence-corrected chi connectivity index (χ3v) is 3.29. The Labute approximate surface area is 138 Å². The molecule has 0 fully saturated rings. The third-order valence-electron chi connectivity index (χ3n) is 3.29. The van der Waals surface area contributed by atoms with Crippen molar-refractivity contribution in [2.24, 2.45) is 4.99 Å². The second kappa shape index (κ2) is 10.6. The number of hydrogen-bond acceptors (Lipinski definition) is 5. The normalized spacial score (nSPS) is 11.1. The first-order valence-corrected chi connectivity index (χ1v) is 7.43. The van der Waals surface area contributed by atoms with Crippen LogP contribution in [-0.4, -0.2) is 61.1 Å². The van der Waals surface area contributed by atoms with Gasteiger partial charge in [-0.05, 0) is 12.5 Å². The summed E-state index contributed by atoms with van der Waals surface area (Å²) in [6, 6.07) is 3.85. The van der Waals surface area contributed by atoms with Crippen LogP contribution in [0.4, 0.5) is 0 Å². The Bertz CT molecular complexity index is 506. The number of guanidine groups is 1. The number of methoxy groups -OCH3 is 4. The van der Waals surface area contributed by atoms with E-state index < -0.39 is 0 Å². The van der Waals surface area contributed by atoms with Gasteiger partial charge in [0.15, 0.2) is 17.5 Å². The van der Waals surface area contributed by atoms with Gasteiger partial charge < -0.3 is 29.6 Å². The maximum atomic E-state index is 5.48. The molecule has 0 radical (unpaired) electrons. The second-order valence-corrected chi connectivity index (χ2v) is 4.66. The van der Waals surface area contributed by atoms with Gasteiger partial charge >= 0.3 is 0 Å². The Morgan fingerprint density at radius 2 is 1.65 bits per heavy atom.